The Bertz CT molecular complexity index is 825. The second-order valence-corrected chi connectivity index (χ2v) is 6.81. The second-order valence-electron chi connectivity index (χ2n) is 5.43. The first-order chi connectivity index (χ1) is 11.2. The van der Waals surface area contributed by atoms with Crippen LogP contribution in [0, 0.1) is 6.92 Å². The van der Waals surface area contributed by atoms with Crippen molar-refractivity contribution >= 4 is 23.4 Å². The maximum atomic E-state index is 5.88. The summed E-state index contributed by atoms with van der Waals surface area (Å²) in [5.74, 6) is 2.60. The van der Waals surface area contributed by atoms with E-state index in [1.807, 2.05) is 19.1 Å². The lowest BCUT2D eigenvalue weighted by molar-refractivity contribution is 0.528. The van der Waals surface area contributed by atoms with Gasteiger partial charge in [-0.25, -0.2) is 0 Å². The quantitative estimate of drug-likeness (QED) is 0.651. The molecule has 0 N–H and O–H groups in total. The number of aromatic nitrogens is 5. The Morgan fingerprint density at radius 2 is 1.96 bits per heavy atom. The molecule has 1 fully saturated rings. The summed E-state index contributed by atoms with van der Waals surface area (Å²) >= 11 is 7.46. The summed E-state index contributed by atoms with van der Waals surface area (Å²) in [4.78, 5) is 0. The molecule has 0 bridgehead atoms. The van der Waals surface area contributed by atoms with Crippen molar-refractivity contribution in [2.24, 2.45) is 0 Å². The molecule has 1 aliphatic rings. The second kappa shape index (κ2) is 5.98. The normalized spacial score (nSPS) is 14.3. The molecule has 8 heteroatoms. The van der Waals surface area contributed by atoms with Gasteiger partial charge in [-0.3, -0.25) is 0 Å². The zero-order valence-corrected chi connectivity index (χ0v) is 14.0. The monoisotopic (exact) mass is 347 g/mol. The number of hydrogen-bond acceptors (Lipinski definition) is 6. The van der Waals surface area contributed by atoms with E-state index in [-0.39, 0.29) is 0 Å². The smallest absolute Gasteiger partial charge is 0.247 e. The predicted octanol–water partition coefficient (Wildman–Crippen LogP) is 3.92. The summed E-state index contributed by atoms with van der Waals surface area (Å²) < 4.78 is 7.91. The fourth-order valence-corrected chi connectivity index (χ4v) is 3.36. The van der Waals surface area contributed by atoms with Crippen LogP contribution in [0.5, 0.6) is 0 Å². The van der Waals surface area contributed by atoms with Gasteiger partial charge in [-0.1, -0.05) is 23.4 Å². The lowest BCUT2D eigenvalue weighted by Crippen LogP contribution is -1.99. The van der Waals surface area contributed by atoms with E-state index in [9.17, 15) is 0 Å². The van der Waals surface area contributed by atoms with Gasteiger partial charge in [-0.05, 0) is 44.0 Å². The molecule has 23 heavy (non-hydrogen) atoms. The first-order valence-corrected chi connectivity index (χ1v) is 8.69. The van der Waals surface area contributed by atoms with Crippen LogP contribution in [0.1, 0.15) is 30.6 Å². The van der Waals surface area contributed by atoms with Crippen molar-refractivity contribution in [3.05, 3.63) is 41.0 Å². The van der Waals surface area contributed by atoms with E-state index in [4.69, 9.17) is 16.0 Å². The minimum Gasteiger partial charge on any atom is -0.420 e. The molecule has 3 aromatic rings. The van der Waals surface area contributed by atoms with Crippen molar-refractivity contribution in [1.82, 2.24) is 25.0 Å². The van der Waals surface area contributed by atoms with Crippen LogP contribution in [-0.2, 0) is 5.75 Å². The van der Waals surface area contributed by atoms with Gasteiger partial charge in [0, 0.05) is 16.6 Å². The molecule has 0 spiro atoms. The third-order valence-electron chi connectivity index (χ3n) is 3.63. The van der Waals surface area contributed by atoms with Gasteiger partial charge >= 0.3 is 0 Å². The van der Waals surface area contributed by atoms with Gasteiger partial charge in [0.1, 0.15) is 5.82 Å². The predicted molar refractivity (Wildman–Crippen MR) is 87.3 cm³/mol. The maximum absolute atomic E-state index is 5.88. The van der Waals surface area contributed by atoms with Crippen molar-refractivity contribution in [3.63, 3.8) is 0 Å². The molecule has 0 radical (unpaired) electrons. The van der Waals surface area contributed by atoms with Crippen LogP contribution in [-0.4, -0.2) is 25.0 Å². The van der Waals surface area contributed by atoms with Gasteiger partial charge in [0.2, 0.25) is 11.8 Å². The lowest BCUT2D eigenvalue weighted by Gasteiger charge is -2.04. The third-order valence-corrected chi connectivity index (χ3v) is 4.81. The molecule has 118 valence electrons. The number of rotatable bonds is 5. The average molecular weight is 348 g/mol. The summed E-state index contributed by atoms with van der Waals surface area (Å²) in [5.41, 5.74) is 0.857. The molecule has 2 heterocycles. The fraction of sp³-hybridized carbons (Fsp3) is 0.333. The van der Waals surface area contributed by atoms with E-state index in [0.717, 1.165) is 16.5 Å². The summed E-state index contributed by atoms with van der Waals surface area (Å²) in [6.07, 6.45) is 2.40. The topological polar surface area (TPSA) is 69.6 Å². The summed E-state index contributed by atoms with van der Waals surface area (Å²) in [6.45, 7) is 1.99. The maximum Gasteiger partial charge on any atom is 0.247 e. The van der Waals surface area contributed by atoms with Gasteiger partial charge in [-0.2, -0.15) is 0 Å². The zero-order valence-electron chi connectivity index (χ0n) is 12.4. The number of aryl methyl sites for hydroxylation is 1. The van der Waals surface area contributed by atoms with Crippen molar-refractivity contribution in [2.45, 2.75) is 36.7 Å². The van der Waals surface area contributed by atoms with E-state index in [0.29, 0.717) is 28.6 Å². The lowest BCUT2D eigenvalue weighted by atomic mass is 10.2. The minimum atomic E-state index is 0.497. The fourth-order valence-electron chi connectivity index (χ4n) is 2.35. The minimum absolute atomic E-state index is 0.497. The highest BCUT2D eigenvalue weighted by Gasteiger charge is 2.28. The van der Waals surface area contributed by atoms with Crippen LogP contribution in [0.25, 0.3) is 11.5 Å². The molecule has 0 atom stereocenters. The molecule has 4 rings (SSSR count). The Hall–Kier alpha value is -1.86. The van der Waals surface area contributed by atoms with Gasteiger partial charge in [0.15, 0.2) is 5.16 Å². The van der Waals surface area contributed by atoms with Crippen molar-refractivity contribution in [2.75, 3.05) is 0 Å². The molecular formula is C15H14ClN5OS. The van der Waals surface area contributed by atoms with Crippen LogP contribution in [0.2, 0.25) is 5.02 Å². The third kappa shape index (κ3) is 3.11. The van der Waals surface area contributed by atoms with Gasteiger partial charge < -0.3 is 8.98 Å². The standard InChI is InChI=1S/C15H14ClN5OS/c1-9-17-20-15(21(9)12-6-7-12)23-8-13-18-19-14(22-13)10-2-4-11(16)5-3-10/h2-5,12H,6-8H2,1H3. The van der Waals surface area contributed by atoms with Crippen molar-refractivity contribution < 1.29 is 4.42 Å². The molecular weight excluding hydrogens is 334 g/mol. The Balaban J connectivity index is 1.47. The van der Waals surface area contributed by atoms with Crippen molar-refractivity contribution in [1.29, 1.82) is 0 Å². The van der Waals surface area contributed by atoms with E-state index in [1.165, 1.54) is 12.8 Å². The number of hydrogen-bond donors (Lipinski definition) is 0. The summed E-state index contributed by atoms with van der Waals surface area (Å²) in [5, 5.41) is 18.2. The van der Waals surface area contributed by atoms with Gasteiger partial charge in [0.25, 0.3) is 0 Å². The van der Waals surface area contributed by atoms with Crippen LogP contribution >= 0.6 is 23.4 Å². The Kier molecular flexibility index (Phi) is 3.82. The molecule has 1 saturated carbocycles. The molecule has 1 aliphatic carbocycles. The number of halogens is 1. The van der Waals surface area contributed by atoms with E-state index < -0.39 is 0 Å². The van der Waals surface area contributed by atoms with E-state index in [1.54, 1.807) is 23.9 Å². The van der Waals surface area contributed by atoms with Crippen LogP contribution in [0.15, 0.2) is 33.8 Å². The van der Waals surface area contributed by atoms with E-state index in [2.05, 4.69) is 25.0 Å². The molecule has 0 saturated heterocycles. The molecule has 1 aromatic carbocycles. The summed E-state index contributed by atoms with van der Waals surface area (Å²) in [6, 6.07) is 7.88. The Morgan fingerprint density at radius 1 is 1.17 bits per heavy atom. The van der Waals surface area contributed by atoms with Gasteiger partial charge in [-0.15, -0.1) is 20.4 Å². The Labute approximate surface area is 142 Å². The molecule has 0 amide bonds. The summed E-state index contributed by atoms with van der Waals surface area (Å²) in [7, 11) is 0. The molecule has 0 aliphatic heterocycles. The Morgan fingerprint density at radius 3 is 2.70 bits per heavy atom. The van der Waals surface area contributed by atoms with Crippen LogP contribution < -0.4 is 0 Å². The number of benzene rings is 1. The van der Waals surface area contributed by atoms with Gasteiger partial charge in [0.05, 0.1) is 5.75 Å². The number of thioether (sulfide) groups is 1. The first-order valence-electron chi connectivity index (χ1n) is 7.33. The highest BCUT2D eigenvalue weighted by Crippen LogP contribution is 2.39. The zero-order chi connectivity index (χ0) is 15.8. The largest absolute Gasteiger partial charge is 0.420 e. The average Bonchev–Trinajstić information content (AvgIpc) is 3.15. The van der Waals surface area contributed by atoms with Crippen molar-refractivity contribution in [3.8, 4) is 11.5 Å². The highest BCUT2D eigenvalue weighted by molar-refractivity contribution is 7.98. The van der Waals surface area contributed by atoms with Crippen LogP contribution in [0.4, 0.5) is 0 Å². The first kappa shape index (κ1) is 14.7. The molecule has 2 aromatic heterocycles. The molecule has 6 nitrogen and oxygen atoms in total. The molecule has 0 unspecified atom stereocenters. The number of nitrogens with zero attached hydrogens (tertiary/aromatic N) is 5. The highest BCUT2D eigenvalue weighted by atomic mass is 35.5. The van der Waals surface area contributed by atoms with E-state index >= 15 is 0 Å². The van der Waals surface area contributed by atoms with Crippen LogP contribution in [0.3, 0.4) is 0 Å². The SMILES string of the molecule is Cc1nnc(SCc2nnc(-c3ccc(Cl)cc3)o2)n1C1CC1.